The molecule has 0 saturated heterocycles. The molecular formula is C38H39ClN4O7S2. The number of nitrogens with one attached hydrogen (secondary N) is 1. The molecule has 0 spiro atoms. The standard InChI is InChI=1S/C19H19ClN2O3S.C19H20N2O4S/c1-24-13-5-4-12(17(8-13)25-2)10-22-11-18(20)21-16-7-6-14(26-3)9-15(16)19(22)23;1-24-13-5-4-12(17(8-13)25-2)10-21-11-18(22)20-16-7-6-14(26-3)9-15(16)19(21)23/h4-9H,10-11H2,1-3H3;4-9H,10-11H2,1-3H3,(H,20,22). The number of hydrogen-bond acceptors (Lipinski definition) is 10. The van der Waals surface area contributed by atoms with E-state index in [2.05, 4.69) is 10.3 Å². The molecule has 2 aliphatic rings. The van der Waals surface area contributed by atoms with Gasteiger partial charge in [0.05, 0.1) is 70.6 Å². The lowest BCUT2D eigenvalue weighted by atomic mass is 10.1. The monoisotopic (exact) mass is 762 g/mol. The molecule has 2 heterocycles. The second kappa shape index (κ2) is 17.6. The predicted octanol–water partition coefficient (Wildman–Crippen LogP) is 7.37. The van der Waals surface area contributed by atoms with E-state index in [4.69, 9.17) is 30.5 Å². The van der Waals surface area contributed by atoms with E-state index in [1.165, 1.54) is 4.90 Å². The van der Waals surface area contributed by atoms with Crippen LogP contribution in [0, 0.1) is 0 Å². The van der Waals surface area contributed by atoms with Crippen LogP contribution in [0.25, 0.3) is 0 Å². The van der Waals surface area contributed by atoms with Gasteiger partial charge >= 0.3 is 0 Å². The molecule has 0 atom stereocenters. The number of aliphatic imine (C=N–C) groups is 1. The van der Waals surface area contributed by atoms with Gasteiger partial charge in [0.25, 0.3) is 11.8 Å². The summed E-state index contributed by atoms with van der Waals surface area (Å²) < 4.78 is 21.3. The highest BCUT2D eigenvalue weighted by molar-refractivity contribution is 7.98. The lowest BCUT2D eigenvalue weighted by molar-refractivity contribution is -0.116. The van der Waals surface area contributed by atoms with Crippen molar-refractivity contribution >= 4 is 69.4 Å². The van der Waals surface area contributed by atoms with Crippen molar-refractivity contribution in [2.45, 2.75) is 22.9 Å². The Morgan fingerprint density at radius 2 is 1.19 bits per heavy atom. The van der Waals surface area contributed by atoms with Crippen molar-refractivity contribution in [2.75, 3.05) is 59.4 Å². The maximum atomic E-state index is 13.1. The van der Waals surface area contributed by atoms with E-state index in [9.17, 15) is 14.4 Å². The van der Waals surface area contributed by atoms with Crippen molar-refractivity contribution in [3.05, 3.63) is 95.1 Å². The first-order valence-electron chi connectivity index (χ1n) is 16.0. The van der Waals surface area contributed by atoms with Crippen LogP contribution in [0.4, 0.5) is 11.4 Å². The van der Waals surface area contributed by atoms with Crippen LogP contribution in [0.5, 0.6) is 23.0 Å². The number of anilines is 1. The van der Waals surface area contributed by atoms with Crippen LogP contribution in [0.3, 0.4) is 0 Å². The maximum absolute atomic E-state index is 13.1. The van der Waals surface area contributed by atoms with Gasteiger partial charge in [0.1, 0.15) is 34.7 Å². The molecule has 11 nitrogen and oxygen atoms in total. The van der Waals surface area contributed by atoms with Gasteiger partial charge < -0.3 is 34.1 Å². The molecule has 6 rings (SSSR count). The molecule has 2 aliphatic heterocycles. The Kier molecular flexibility index (Phi) is 13.0. The van der Waals surface area contributed by atoms with Crippen molar-refractivity contribution in [1.82, 2.24) is 9.80 Å². The van der Waals surface area contributed by atoms with Crippen molar-refractivity contribution in [3.63, 3.8) is 0 Å². The van der Waals surface area contributed by atoms with Crippen LogP contribution >= 0.6 is 35.1 Å². The molecule has 0 saturated carbocycles. The van der Waals surface area contributed by atoms with E-state index in [1.807, 2.05) is 61.0 Å². The number of rotatable bonds is 10. The normalized spacial score (nSPS) is 13.8. The second-order valence-electron chi connectivity index (χ2n) is 11.5. The molecular weight excluding hydrogens is 724 g/mol. The number of hydrogen-bond donors (Lipinski definition) is 1. The van der Waals surface area contributed by atoms with Crippen LogP contribution in [0.2, 0.25) is 0 Å². The smallest absolute Gasteiger partial charge is 0.256 e. The number of halogens is 1. The Balaban J connectivity index is 0.000000201. The van der Waals surface area contributed by atoms with Gasteiger partial charge in [-0.25, -0.2) is 4.99 Å². The number of carbonyl (C=O) groups is 3. The van der Waals surface area contributed by atoms with E-state index in [0.29, 0.717) is 57.2 Å². The molecule has 0 fully saturated rings. The zero-order valence-electron chi connectivity index (χ0n) is 29.7. The van der Waals surface area contributed by atoms with Crippen molar-refractivity contribution in [3.8, 4) is 23.0 Å². The summed E-state index contributed by atoms with van der Waals surface area (Å²) in [7, 11) is 6.34. The molecule has 52 heavy (non-hydrogen) atoms. The summed E-state index contributed by atoms with van der Waals surface area (Å²) in [6.45, 7) is 0.860. The van der Waals surface area contributed by atoms with Crippen LogP contribution in [-0.4, -0.2) is 86.7 Å². The lowest BCUT2D eigenvalue weighted by Gasteiger charge is -2.22. The topological polar surface area (TPSA) is 119 Å². The highest BCUT2D eigenvalue weighted by Crippen LogP contribution is 2.33. The van der Waals surface area contributed by atoms with E-state index in [1.54, 1.807) is 81.1 Å². The zero-order chi connectivity index (χ0) is 37.4. The van der Waals surface area contributed by atoms with E-state index in [-0.39, 0.29) is 37.4 Å². The summed E-state index contributed by atoms with van der Waals surface area (Å²) in [5.41, 5.74) is 3.87. The molecule has 3 amide bonds. The average molecular weight is 763 g/mol. The number of carbonyl (C=O) groups excluding carboxylic acids is 3. The van der Waals surface area contributed by atoms with Gasteiger partial charge in [0.15, 0.2) is 0 Å². The Morgan fingerprint density at radius 1 is 0.673 bits per heavy atom. The molecule has 0 bridgehead atoms. The first kappa shape index (κ1) is 38.4. The number of benzene rings is 4. The first-order valence-corrected chi connectivity index (χ1v) is 18.8. The summed E-state index contributed by atoms with van der Waals surface area (Å²) >= 11 is 9.40. The summed E-state index contributed by atoms with van der Waals surface area (Å²) in [6, 6.07) is 22.0. The van der Waals surface area contributed by atoms with E-state index in [0.717, 1.165) is 20.9 Å². The van der Waals surface area contributed by atoms with E-state index >= 15 is 0 Å². The Morgan fingerprint density at radius 3 is 1.73 bits per heavy atom. The number of thioether (sulfide) groups is 2. The highest BCUT2D eigenvalue weighted by atomic mass is 35.5. The number of nitrogens with zero attached hydrogens (tertiary/aromatic N) is 3. The molecule has 0 radical (unpaired) electrons. The van der Waals surface area contributed by atoms with Gasteiger partial charge in [-0.2, -0.15) is 0 Å². The molecule has 4 aromatic rings. The minimum absolute atomic E-state index is 0.0166. The van der Waals surface area contributed by atoms with Gasteiger partial charge in [-0.3, -0.25) is 14.4 Å². The minimum Gasteiger partial charge on any atom is -0.497 e. The van der Waals surface area contributed by atoms with Gasteiger partial charge in [-0.15, -0.1) is 23.5 Å². The maximum Gasteiger partial charge on any atom is 0.256 e. The third-order valence-corrected chi connectivity index (χ3v) is 10.0. The Labute approximate surface area is 316 Å². The van der Waals surface area contributed by atoms with Crippen molar-refractivity contribution in [2.24, 2.45) is 4.99 Å². The SMILES string of the molecule is COc1ccc(CN2CC(=O)Nc3ccc(SC)cc3C2=O)c(OC)c1.COc1ccc(CN2CC(Cl)=Nc3ccc(SC)cc3C2=O)c(OC)c1. The van der Waals surface area contributed by atoms with Crippen LogP contribution in [-0.2, 0) is 17.9 Å². The first-order chi connectivity index (χ1) is 25.1. The Hall–Kier alpha value is -4.85. The zero-order valence-corrected chi connectivity index (χ0v) is 32.0. The molecule has 0 unspecified atom stereocenters. The number of amides is 3. The third kappa shape index (κ3) is 8.95. The molecule has 0 aromatic heterocycles. The van der Waals surface area contributed by atoms with Crippen LogP contribution < -0.4 is 24.3 Å². The predicted molar refractivity (Wildman–Crippen MR) is 207 cm³/mol. The van der Waals surface area contributed by atoms with Gasteiger partial charge in [-0.1, -0.05) is 11.6 Å². The molecule has 272 valence electrons. The molecule has 14 heteroatoms. The van der Waals surface area contributed by atoms with Crippen LogP contribution in [0.1, 0.15) is 31.8 Å². The quantitative estimate of drug-likeness (QED) is 0.165. The highest BCUT2D eigenvalue weighted by Gasteiger charge is 2.28. The van der Waals surface area contributed by atoms with E-state index < -0.39 is 0 Å². The fraction of sp³-hybridized carbons (Fsp3) is 0.263. The Bertz CT molecular complexity index is 1950. The summed E-state index contributed by atoms with van der Waals surface area (Å²) in [5.74, 6) is 2.12. The largest absolute Gasteiger partial charge is 0.497 e. The second-order valence-corrected chi connectivity index (χ2v) is 13.7. The molecule has 4 aromatic carbocycles. The minimum atomic E-state index is -0.221. The fourth-order valence-electron chi connectivity index (χ4n) is 5.65. The summed E-state index contributed by atoms with van der Waals surface area (Å²) in [4.78, 5) is 47.9. The molecule has 0 aliphatic carbocycles. The number of ether oxygens (including phenoxy) is 4. The number of methoxy groups -OCH3 is 4. The third-order valence-electron chi connectivity index (χ3n) is 8.35. The molecule has 1 N–H and O–H groups in total. The van der Waals surface area contributed by atoms with Crippen molar-refractivity contribution in [1.29, 1.82) is 0 Å². The lowest BCUT2D eigenvalue weighted by Crippen LogP contribution is -2.34. The van der Waals surface area contributed by atoms with Gasteiger partial charge in [0, 0.05) is 33.1 Å². The fourth-order valence-corrected chi connectivity index (χ4v) is 6.76. The average Bonchev–Trinajstić information content (AvgIpc) is 3.36. The summed E-state index contributed by atoms with van der Waals surface area (Å²) in [5, 5.41) is 3.18. The van der Waals surface area contributed by atoms with Crippen LogP contribution in [0.15, 0.2) is 87.6 Å². The summed E-state index contributed by atoms with van der Waals surface area (Å²) in [6.07, 6.45) is 3.92. The van der Waals surface area contributed by atoms with Gasteiger partial charge in [-0.05, 0) is 73.2 Å². The number of fused-ring (bicyclic) bond motifs is 2. The van der Waals surface area contributed by atoms with Gasteiger partial charge in [0.2, 0.25) is 5.91 Å². The van der Waals surface area contributed by atoms with Crippen molar-refractivity contribution < 1.29 is 33.3 Å².